The third kappa shape index (κ3) is 2.97. The predicted octanol–water partition coefficient (Wildman–Crippen LogP) is 0.0502. The first-order chi connectivity index (χ1) is 8.27. The lowest BCUT2D eigenvalue weighted by atomic mass is 9.91. The molecule has 1 amide bonds. The highest BCUT2D eigenvalue weighted by molar-refractivity contribution is 5.85. The van der Waals surface area contributed by atoms with E-state index in [-0.39, 0.29) is 12.0 Å². The number of methoxy groups -OCH3 is 1. The van der Waals surface area contributed by atoms with Gasteiger partial charge in [-0.25, -0.2) is 0 Å². The van der Waals surface area contributed by atoms with Crippen LogP contribution in [-0.2, 0) is 14.3 Å². The summed E-state index contributed by atoms with van der Waals surface area (Å²) in [4.78, 5) is 12.2. The Morgan fingerprint density at radius 3 is 2.88 bits per heavy atom. The van der Waals surface area contributed by atoms with E-state index >= 15 is 0 Å². The van der Waals surface area contributed by atoms with Crippen molar-refractivity contribution in [1.82, 2.24) is 10.6 Å². The van der Waals surface area contributed by atoms with Crippen LogP contribution in [0.5, 0.6) is 0 Å². The minimum absolute atomic E-state index is 0.0111. The van der Waals surface area contributed by atoms with E-state index < -0.39 is 5.60 Å². The van der Waals surface area contributed by atoms with E-state index in [1.54, 1.807) is 7.11 Å². The Kier molecular flexibility index (Phi) is 4.36. The van der Waals surface area contributed by atoms with Gasteiger partial charge in [-0.05, 0) is 38.8 Å². The zero-order valence-electron chi connectivity index (χ0n) is 10.5. The molecule has 0 aromatic heterocycles. The normalized spacial score (nSPS) is 27.9. The lowest BCUT2D eigenvalue weighted by Crippen LogP contribution is -2.55. The number of piperidine rings is 1. The quantitative estimate of drug-likeness (QED) is 0.731. The first-order valence-corrected chi connectivity index (χ1v) is 6.43. The molecule has 2 heterocycles. The fraction of sp³-hybridized carbons (Fsp3) is 0.917. The number of ether oxygens (including phenoxy) is 2. The maximum atomic E-state index is 12.2. The predicted molar refractivity (Wildman–Crippen MR) is 63.8 cm³/mol. The molecule has 2 fully saturated rings. The van der Waals surface area contributed by atoms with Crippen molar-refractivity contribution in [3.05, 3.63) is 0 Å². The number of carbonyl (C=O) groups excluding carboxylic acids is 1. The molecule has 0 saturated carbocycles. The summed E-state index contributed by atoms with van der Waals surface area (Å²) in [7, 11) is 1.62. The molecule has 0 spiro atoms. The molecule has 2 N–H and O–H groups in total. The van der Waals surface area contributed by atoms with Crippen LogP contribution in [0.1, 0.15) is 25.7 Å². The average Bonchev–Trinajstić information content (AvgIpc) is 2.90. The van der Waals surface area contributed by atoms with E-state index in [9.17, 15) is 4.79 Å². The van der Waals surface area contributed by atoms with Crippen LogP contribution in [0.25, 0.3) is 0 Å². The third-order valence-corrected chi connectivity index (χ3v) is 3.73. The van der Waals surface area contributed by atoms with Crippen LogP contribution in [0, 0.1) is 0 Å². The molecule has 98 valence electrons. The van der Waals surface area contributed by atoms with Crippen molar-refractivity contribution in [3.8, 4) is 0 Å². The second kappa shape index (κ2) is 5.80. The fourth-order valence-electron chi connectivity index (χ4n) is 2.53. The van der Waals surface area contributed by atoms with Crippen molar-refractivity contribution in [2.75, 3.05) is 33.4 Å². The molecule has 2 saturated heterocycles. The molecular formula is C12H22N2O3. The maximum Gasteiger partial charge on any atom is 0.252 e. The smallest absolute Gasteiger partial charge is 0.252 e. The number of carbonyl (C=O) groups is 1. The zero-order chi connectivity index (χ0) is 12.1. The minimum atomic E-state index is -0.635. The standard InChI is InChI=1S/C12H22N2O3/c1-16-12(4-6-13-7-5-12)11(15)14-9-10-3-2-8-17-10/h10,13H,2-9H2,1H3,(H,14,15). The van der Waals surface area contributed by atoms with E-state index in [0.29, 0.717) is 6.54 Å². The van der Waals surface area contributed by atoms with Crippen molar-refractivity contribution < 1.29 is 14.3 Å². The molecule has 17 heavy (non-hydrogen) atoms. The molecule has 1 unspecified atom stereocenters. The van der Waals surface area contributed by atoms with Gasteiger partial charge in [0.15, 0.2) is 0 Å². The van der Waals surface area contributed by atoms with Crippen LogP contribution >= 0.6 is 0 Å². The molecule has 1 atom stereocenters. The van der Waals surface area contributed by atoms with E-state index in [0.717, 1.165) is 45.4 Å². The summed E-state index contributed by atoms with van der Waals surface area (Å²) in [5, 5.41) is 6.21. The molecule has 5 nitrogen and oxygen atoms in total. The summed E-state index contributed by atoms with van der Waals surface area (Å²) in [5.41, 5.74) is -0.635. The van der Waals surface area contributed by atoms with E-state index in [1.807, 2.05) is 0 Å². The van der Waals surface area contributed by atoms with Crippen molar-refractivity contribution in [2.45, 2.75) is 37.4 Å². The highest BCUT2D eigenvalue weighted by atomic mass is 16.5. The lowest BCUT2D eigenvalue weighted by Gasteiger charge is -2.35. The Morgan fingerprint density at radius 2 is 2.29 bits per heavy atom. The van der Waals surface area contributed by atoms with Crippen molar-refractivity contribution in [3.63, 3.8) is 0 Å². The van der Waals surface area contributed by atoms with Gasteiger partial charge in [-0.3, -0.25) is 4.79 Å². The highest BCUT2D eigenvalue weighted by Crippen LogP contribution is 2.22. The van der Waals surface area contributed by atoms with Crippen LogP contribution in [0.15, 0.2) is 0 Å². The Morgan fingerprint density at radius 1 is 1.53 bits per heavy atom. The molecule has 2 rings (SSSR count). The Hall–Kier alpha value is -0.650. The maximum absolute atomic E-state index is 12.2. The van der Waals surface area contributed by atoms with Gasteiger partial charge in [-0.2, -0.15) is 0 Å². The number of nitrogens with one attached hydrogen (secondary N) is 2. The second-order valence-corrected chi connectivity index (χ2v) is 4.79. The van der Waals surface area contributed by atoms with Gasteiger partial charge < -0.3 is 20.1 Å². The number of amides is 1. The van der Waals surface area contributed by atoms with Crippen LogP contribution in [-0.4, -0.2) is 51.0 Å². The number of hydrogen-bond donors (Lipinski definition) is 2. The number of rotatable bonds is 4. The molecule has 0 bridgehead atoms. The van der Waals surface area contributed by atoms with Gasteiger partial charge in [0, 0.05) is 20.3 Å². The molecule has 0 aromatic rings. The molecular weight excluding hydrogens is 220 g/mol. The first-order valence-electron chi connectivity index (χ1n) is 6.43. The Balaban J connectivity index is 1.83. The molecule has 0 aliphatic carbocycles. The fourth-order valence-corrected chi connectivity index (χ4v) is 2.53. The number of hydrogen-bond acceptors (Lipinski definition) is 4. The topological polar surface area (TPSA) is 59.6 Å². The zero-order valence-corrected chi connectivity index (χ0v) is 10.5. The van der Waals surface area contributed by atoms with Crippen molar-refractivity contribution in [2.24, 2.45) is 0 Å². The highest BCUT2D eigenvalue weighted by Gasteiger charge is 2.39. The monoisotopic (exact) mass is 242 g/mol. The van der Waals surface area contributed by atoms with Crippen molar-refractivity contribution in [1.29, 1.82) is 0 Å². The van der Waals surface area contributed by atoms with Gasteiger partial charge in [0.2, 0.25) is 0 Å². The molecule has 0 radical (unpaired) electrons. The van der Waals surface area contributed by atoms with Crippen LogP contribution < -0.4 is 10.6 Å². The molecule has 2 aliphatic rings. The summed E-state index contributed by atoms with van der Waals surface area (Å²) in [6.45, 7) is 3.10. The van der Waals surface area contributed by atoms with Crippen molar-refractivity contribution >= 4 is 5.91 Å². The molecule has 2 aliphatic heterocycles. The SMILES string of the molecule is COC1(C(=O)NCC2CCCO2)CCNCC1. The van der Waals surface area contributed by atoms with Crippen LogP contribution in [0.4, 0.5) is 0 Å². The summed E-state index contributed by atoms with van der Waals surface area (Å²) in [6, 6.07) is 0. The summed E-state index contributed by atoms with van der Waals surface area (Å²) in [6.07, 6.45) is 3.80. The Labute approximate surface area is 102 Å². The van der Waals surface area contributed by atoms with E-state index in [2.05, 4.69) is 10.6 Å². The largest absolute Gasteiger partial charge is 0.376 e. The molecule has 5 heteroatoms. The van der Waals surface area contributed by atoms with Crippen LogP contribution in [0.2, 0.25) is 0 Å². The van der Waals surface area contributed by atoms with Gasteiger partial charge in [0.05, 0.1) is 6.10 Å². The average molecular weight is 242 g/mol. The minimum Gasteiger partial charge on any atom is -0.376 e. The molecule has 0 aromatic carbocycles. The van der Waals surface area contributed by atoms with Gasteiger partial charge in [-0.15, -0.1) is 0 Å². The first kappa shape index (κ1) is 12.8. The lowest BCUT2D eigenvalue weighted by molar-refractivity contribution is -0.147. The Bertz CT molecular complexity index is 258. The van der Waals surface area contributed by atoms with E-state index in [1.165, 1.54) is 0 Å². The van der Waals surface area contributed by atoms with Gasteiger partial charge >= 0.3 is 0 Å². The van der Waals surface area contributed by atoms with E-state index in [4.69, 9.17) is 9.47 Å². The summed E-state index contributed by atoms with van der Waals surface area (Å²) in [5.74, 6) is 0.0111. The second-order valence-electron chi connectivity index (χ2n) is 4.79. The summed E-state index contributed by atoms with van der Waals surface area (Å²) < 4.78 is 11.0. The third-order valence-electron chi connectivity index (χ3n) is 3.73. The van der Waals surface area contributed by atoms with Crippen LogP contribution in [0.3, 0.4) is 0 Å². The summed E-state index contributed by atoms with van der Waals surface area (Å²) >= 11 is 0. The van der Waals surface area contributed by atoms with Gasteiger partial charge in [0.25, 0.3) is 5.91 Å². The van der Waals surface area contributed by atoms with Gasteiger partial charge in [0.1, 0.15) is 5.60 Å². The van der Waals surface area contributed by atoms with Gasteiger partial charge in [-0.1, -0.05) is 0 Å².